The average molecular weight is 620 g/mol. The maximum absolute atomic E-state index is 13.4. The van der Waals surface area contributed by atoms with Crippen LogP contribution in [0.4, 0.5) is 13.2 Å². The topological polar surface area (TPSA) is 154 Å². The van der Waals surface area contributed by atoms with Gasteiger partial charge in [-0.1, -0.05) is 24.2 Å². The van der Waals surface area contributed by atoms with Crippen LogP contribution in [0.2, 0.25) is 0 Å². The Balaban J connectivity index is 1.88. The van der Waals surface area contributed by atoms with E-state index in [1.165, 1.54) is 31.2 Å². The van der Waals surface area contributed by atoms with Crippen molar-refractivity contribution in [2.45, 2.75) is 39.3 Å². The first kappa shape index (κ1) is 33.4. The molecule has 0 aliphatic rings. The Morgan fingerprint density at radius 1 is 0.780 bits per heavy atom. The summed E-state index contributed by atoms with van der Waals surface area (Å²) in [5.41, 5.74) is -1.79. The van der Waals surface area contributed by atoms with Crippen molar-refractivity contribution in [3.63, 3.8) is 0 Å². The molecule has 0 aromatic heterocycles. The van der Waals surface area contributed by atoms with Gasteiger partial charge in [0.15, 0.2) is 11.4 Å². The van der Waals surface area contributed by atoms with E-state index in [4.69, 9.17) is 9.47 Å². The van der Waals surface area contributed by atoms with Gasteiger partial charge in [-0.3, -0.25) is 8.57 Å². The van der Waals surface area contributed by atoms with E-state index in [0.29, 0.717) is 24.2 Å². The molecule has 2 aromatic carbocycles. The molecule has 0 bridgehead atoms. The summed E-state index contributed by atoms with van der Waals surface area (Å²) in [6, 6.07) is 12.6. The first-order valence-corrected chi connectivity index (χ1v) is 15.4. The molecule has 11 nitrogen and oxygen atoms in total. The van der Waals surface area contributed by atoms with Crippen molar-refractivity contribution in [1.82, 2.24) is 0 Å². The summed E-state index contributed by atoms with van der Waals surface area (Å²) in [4.78, 5) is 0. The van der Waals surface area contributed by atoms with E-state index >= 15 is 0 Å². The number of nitrogens with zero attached hydrogens (tertiary/aromatic N) is 3. The summed E-state index contributed by atoms with van der Waals surface area (Å²) >= 11 is 0. The molecule has 0 spiro atoms. The van der Waals surface area contributed by atoms with Crippen molar-refractivity contribution in [2.24, 2.45) is 10.3 Å². The molecule has 2 rings (SSSR count). The van der Waals surface area contributed by atoms with Crippen molar-refractivity contribution in [3.8, 4) is 17.6 Å². The Bertz CT molecular complexity index is 1450. The van der Waals surface area contributed by atoms with Gasteiger partial charge in [0.2, 0.25) is 0 Å². The van der Waals surface area contributed by atoms with Crippen molar-refractivity contribution in [2.75, 3.05) is 24.7 Å². The fourth-order valence-electron chi connectivity index (χ4n) is 3.03. The van der Waals surface area contributed by atoms with E-state index in [1.54, 1.807) is 25.1 Å². The van der Waals surface area contributed by atoms with E-state index in [-0.39, 0.29) is 36.8 Å². The minimum Gasteiger partial charge on any atom is -0.493 e. The quantitative estimate of drug-likeness (QED) is 0.150. The minimum absolute atomic E-state index is 0.159. The molecule has 0 aliphatic carbocycles. The number of hydrogen-bond acceptors (Lipinski definition) is 11. The van der Waals surface area contributed by atoms with Gasteiger partial charge in [-0.05, 0) is 61.4 Å². The summed E-state index contributed by atoms with van der Waals surface area (Å²) in [5.74, 6) is 0.0273. The zero-order chi connectivity index (χ0) is 30.5. The molecule has 0 saturated heterocycles. The van der Waals surface area contributed by atoms with Crippen LogP contribution in [0, 0.1) is 11.3 Å². The van der Waals surface area contributed by atoms with Gasteiger partial charge >= 0.3 is 26.4 Å². The molecule has 0 radical (unpaired) electrons. The Labute approximate surface area is 236 Å². The number of alkyl halides is 3. The highest BCUT2D eigenvalue weighted by Gasteiger charge is 2.38. The van der Waals surface area contributed by atoms with Crippen LogP contribution in [0.5, 0.6) is 11.5 Å². The highest BCUT2D eigenvalue weighted by molar-refractivity contribution is 7.86. The first-order valence-electron chi connectivity index (χ1n) is 12.2. The van der Waals surface area contributed by atoms with Crippen LogP contribution >= 0.6 is 0 Å². The molecule has 224 valence electrons. The van der Waals surface area contributed by atoms with Gasteiger partial charge in [-0.2, -0.15) is 35.3 Å². The second kappa shape index (κ2) is 15.2. The standard InChI is InChI=1S/C25H28F3N3O8S2/c1-3-16-40(32,33)38-30-23(18-29)19-6-10-21(11-7-19)36-14-5-15-37-22-12-8-20(9-13-22)24(25(26,27)28)31-39-41(34,35)17-4-2/h6-13H,3-5,14-17H2,1-2H3. The molecule has 41 heavy (non-hydrogen) atoms. The molecular formula is C25H28F3N3O8S2. The van der Waals surface area contributed by atoms with E-state index in [1.807, 2.05) is 0 Å². The third kappa shape index (κ3) is 11.7. The number of oxime groups is 2. The third-order valence-corrected chi connectivity index (χ3v) is 7.27. The van der Waals surface area contributed by atoms with Crippen molar-refractivity contribution >= 4 is 31.7 Å². The summed E-state index contributed by atoms with van der Waals surface area (Å²) in [5, 5.41) is 15.5. The molecule has 0 fully saturated rings. The van der Waals surface area contributed by atoms with Gasteiger partial charge in [0.1, 0.15) is 17.6 Å². The SMILES string of the molecule is CCCS(=O)(=O)ON=C(C#N)c1ccc(OCCCOc2ccc(C(=NOS(=O)(=O)CCC)C(F)(F)F)cc2)cc1. The summed E-state index contributed by atoms with van der Waals surface area (Å²) in [7, 11) is -8.09. The predicted octanol–water partition coefficient (Wildman–Crippen LogP) is 4.54. The molecular weight excluding hydrogens is 591 g/mol. The van der Waals surface area contributed by atoms with E-state index < -0.39 is 43.4 Å². The van der Waals surface area contributed by atoms with Crippen LogP contribution in [0.1, 0.15) is 44.2 Å². The van der Waals surface area contributed by atoms with Gasteiger partial charge in [-0.15, -0.1) is 0 Å². The molecule has 0 aliphatic heterocycles. The highest BCUT2D eigenvalue weighted by atomic mass is 32.2. The van der Waals surface area contributed by atoms with E-state index in [2.05, 4.69) is 18.9 Å². The Morgan fingerprint density at radius 3 is 1.63 bits per heavy atom. The molecule has 0 saturated carbocycles. The largest absolute Gasteiger partial charge is 0.493 e. The summed E-state index contributed by atoms with van der Waals surface area (Å²) in [6.07, 6.45) is -4.04. The van der Waals surface area contributed by atoms with E-state index in [9.17, 15) is 35.3 Å². The lowest BCUT2D eigenvalue weighted by atomic mass is 10.1. The number of hydrogen-bond donors (Lipinski definition) is 0. The lowest BCUT2D eigenvalue weighted by molar-refractivity contribution is -0.0597. The monoisotopic (exact) mass is 619 g/mol. The second-order valence-electron chi connectivity index (χ2n) is 8.26. The molecule has 0 atom stereocenters. The Morgan fingerprint density at radius 2 is 1.22 bits per heavy atom. The maximum atomic E-state index is 13.4. The smallest absolute Gasteiger partial charge is 0.437 e. The Kier molecular flexibility index (Phi) is 12.4. The fourth-order valence-corrected chi connectivity index (χ4v) is 4.55. The van der Waals surface area contributed by atoms with Crippen LogP contribution in [-0.4, -0.2) is 59.2 Å². The van der Waals surface area contributed by atoms with Gasteiger partial charge in [0, 0.05) is 17.5 Å². The van der Waals surface area contributed by atoms with Gasteiger partial charge in [-0.25, -0.2) is 0 Å². The molecule has 2 aromatic rings. The van der Waals surface area contributed by atoms with Crippen molar-refractivity contribution in [3.05, 3.63) is 59.7 Å². The number of benzene rings is 2. The minimum atomic E-state index is -4.95. The van der Waals surface area contributed by atoms with Crippen molar-refractivity contribution in [1.29, 1.82) is 5.26 Å². The number of nitriles is 1. The normalized spacial score (nSPS) is 12.9. The molecule has 0 N–H and O–H groups in total. The van der Waals surface area contributed by atoms with E-state index in [0.717, 1.165) is 12.1 Å². The summed E-state index contributed by atoms with van der Waals surface area (Å²) < 4.78 is 106. The van der Waals surface area contributed by atoms with Crippen LogP contribution in [-0.2, 0) is 28.8 Å². The Hall–Kier alpha value is -3.84. The zero-order valence-corrected chi connectivity index (χ0v) is 23.8. The molecule has 16 heteroatoms. The highest BCUT2D eigenvalue weighted by Crippen LogP contribution is 2.25. The number of ether oxygens (including phenoxy) is 2. The van der Waals surface area contributed by atoms with Crippen molar-refractivity contribution < 1.29 is 48.0 Å². The third-order valence-electron chi connectivity index (χ3n) is 4.85. The van der Waals surface area contributed by atoms with Gasteiger partial charge in [0.05, 0.1) is 24.7 Å². The number of rotatable bonds is 16. The van der Waals surface area contributed by atoms with Gasteiger partial charge in [0.25, 0.3) is 0 Å². The average Bonchev–Trinajstić information content (AvgIpc) is 2.89. The zero-order valence-electron chi connectivity index (χ0n) is 22.1. The molecule has 0 heterocycles. The summed E-state index contributed by atoms with van der Waals surface area (Å²) in [6.45, 7) is 3.59. The first-order chi connectivity index (χ1) is 19.3. The van der Waals surface area contributed by atoms with Gasteiger partial charge < -0.3 is 9.47 Å². The van der Waals surface area contributed by atoms with Crippen LogP contribution in [0.15, 0.2) is 58.8 Å². The number of halogens is 3. The molecule has 0 amide bonds. The maximum Gasteiger partial charge on any atom is 0.437 e. The predicted molar refractivity (Wildman–Crippen MR) is 144 cm³/mol. The molecule has 0 unspecified atom stereocenters. The second-order valence-corrected chi connectivity index (χ2v) is 11.6. The lowest BCUT2D eigenvalue weighted by Crippen LogP contribution is -2.25. The fraction of sp³-hybridized carbons (Fsp3) is 0.400. The van der Waals surface area contributed by atoms with Crippen LogP contribution in [0.25, 0.3) is 0 Å². The van der Waals surface area contributed by atoms with Crippen LogP contribution in [0.3, 0.4) is 0 Å². The lowest BCUT2D eigenvalue weighted by Gasteiger charge is -2.12. The van der Waals surface area contributed by atoms with Crippen LogP contribution < -0.4 is 9.47 Å².